The summed E-state index contributed by atoms with van der Waals surface area (Å²) in [6, 6.07) is 6.49. The van der Waals surface area contributed by atoms with Crippen molar-refractivity contribution in [3.63, 3.8) is 0 Å². The van der Waals surface area contributed by atoms with Crippen LogP contribution in [0.1, 0.15) is 25.8 Å². The summed E-state index contributed by atoms with van der Waals surface area (Å²) in [5, 5.41) is 3.52. The highest BCUT2D eigenvalue weighted by Gasteiger charge is 2.08. The first-order valence-corrected chi connectivity index (χ1v) is 8.03. The van der Waals surface area contributed by atoms with Gasteiger partial charge in [0.2, 0.25) is 0 Å². The zero-order valence-electron chi connectivity index (χ0n) is 13.1. The van der Waals surface area contributed by atoms with E-state index >= 15 is 0 Å². The Hall–Kier alpha value is -0.580. The molecular formula is C16H27BrN2O. The summed E-state index contributed by atoms with van der Waals surface area (Å²) in [7, 11) is 3.89. The predicted octanol–water partition coefficient (Wildman–Crippen LogP) is 3.67. The maximum absolute atomic E-state index is 5.12. The lowest BCUT2D eigenvalue weighted by molar-refractivity contribution is 0.196. The molecule has 0 aliphatic heterocycles. The van der Waals surface area contributed by atoms with E-state index in [2.05, 4.69) is 65.2 Å². The van der Waals surface area contributed by atoms with E-state index in [1.54, 1.807) is 7.11 Å². The summed E-state index contributed by atoms with van der Waals surface area (Å²) in [6.45, 7) is 8.22. The van der Waals surface area contributed by atoms with E-state index in [0.29, 0.717) is 5.92 Å². The second kappa shape index (κ2) is 9.37. The van der Waals surface area contributed by atoms with Crippen LogP contribution in [0.4, 0.5) is 5.69 Å². The van der Waals surface area contributed by atoms with Gasteiger partial charge in [0.25, 0.3) is 0 Å². The Bertz CT molecular complexity index is 396. The second-order valence-corrected chi connectivity index (χ2v) is 6.48. The summed E-state index contributed by atoms with van der Waals surface area (Å²) in [4.78, 5) is 2.30. The fourth-order valence-corrected chi connectivity index (χ4v) is 2.54. The smallest absolute Gasteiger partial charge is 0.0479 e. The third kappa shape index (κ3) is 6.25. The minimum atomic E-state index is 0.671. The Balaban J connectivity index is 2.68. The van der Waals surface area contributed by atoms with Crippen molar-refractivity contribution < 1.29 is 4.74 Å². The van der Waals surface area contributed by atoms with Crippen LogP contribution in [0, 0.1) is 5.92 Å². The van der Waals surface area contributed by atoms with E-state index in [9.17, 15) is 0 Å². The minimum Gasteiger partial charge on any atom is -0.385 e. The van der Waals surface area contributed by atoms with Crippen LogP contribution in [0.15, 0.2) is 22.7 Å². The Kier molecular flexibility index (Phi) is 8.19. The van der Waals surface area contributed by atoms with Crippen LogP contribution in [0.25, 0.3) is 0 Å². The monoisotopic (exact) mass is 342 g/mol. The van der Waals surface area contributed by atoms with Gasteiger partial charge in [0.1, 0.15) is 0 Å². The lowest BCUT2D eigenvalue weighted by Crippen LogP contribution is -2.24. The standard InChI is InChI=1S/C16H27BrN2O/c1-13(2)11-18-12-14-10-15(17)6-7-16(14)19(3)8-5-9-20-4/h6-7,10,13,18H,5,8-9,11-12H2,1-4H3. The average Bonchev–Trinajstić information content (AvgIpc) is 2.38. The Morgan fingerprint density at radius 3 is 2.75 bits per heavy atom. The molecule has 0 amide bonds. The molecule has 0 aromatic heterocycles. The van der Waals surface area contributed by atoms with Gasteiger partial charge >= 0.3 is 0 Å². The SMILES string of the molecule is COCCCN(C)c1ccc(Br)cc1CNCC(C)C. The van der Waals surface area contributed by atoms with Gasteiger partial charge in [-0.1, -0.05) is 29.8 Å². The molecule has 0 unspecified atom stereocenters. The summed E-state index contributed by atoms with van der Waals surface area (Å²) in [5.41, 5.74) is 2.63. The summed E-state index contributed by atoms with van der Waals surface area (Å²) >= 11 is 3.56. The molecule has 0 atom stereocenters. The number of hydrogen-bond acceptors (Lipinski definition) is 3. The number of benzene rings is 1. The highest BCUT2D eigenvalue weighted by Crippen LogP contribution is 2.24. The zero-order chi connectivity index (χ0) is 15.0. The van der Waals surface area contributed by atoms with E-state index in [1.165, 1.54) is 11.3 Å². The molecule has 4 heteroatoms. The highest BCUT2D eigenvalue weighted by atomic mass is 79.9. The van der Waals surface area contributed by atoms with Crippen LogP contribution >= 0.6 is 15.9 Å². The fourth-order valence-electron chi connectivity index (χ4n) is 2.13. The number of ether oxygens (including phenoxy) is 1. The second-order valence-electron chi connectivity index (χ2n) is 5.57. The van der Waals surface area contributed by atoms with Gasteiger partial charge in [-0.25, -0.2) is 0 Å². The molecule has 0 aliphatic carbocycles. The van der Waals surface area contributed by atoms with E-state index in [1.807, 2.05) is 0 Å². The van der Waals surface area contributed by atoms with Crippen molar-refractivity contribution in [1.29, 1.82) is 0 Å². The summed E-state index contributed by atoms with van der Waals surface area (Å²) < 4.78 is 6.25. The van der Waals surface area contributed by atoms with E-state index in [0.717, 1.165) is 37.1 Å². The van der Waals surface area contributed by atoms with Crippen LogP contribution in [0.3, 0.4) is 0 Å². The number of rotatable bonds is 9. The van der Waals surface area contributed by atoms with Crippen molar-refractivity contribution in [2.45, 2.75) is 26.8 Å². The van der Waals surface area contributed by atoms with Crippen LogP contribution in [-0.2, 0) is 11.3 Å². The molecule has 0 saturated carbocycles. The normalized spacial score (nSPS) is 11.1. The number of nitrogens with zero attached hydrogens (tertiary/aromatic N) is 1. The molecule has 0 fully saturated rings. The largest absolute Gasteiger partial charge is 0.385 e. The van der Waals surface area contributed by atoms with Crippen molar-refractivity contribution in [3.05, 3.63) is 28.2 Å². The van der Waals surface area contributed by atoms with Gasteiger partial charge in [-0.05, 0) is 42.6 Å². The number of nitrogens with one attached hydrogen (secondary N) is 1. The predicted molar refractivity (Wildman–Crippen MR) is 90.4 cm³/mol. The van der Waals surface area contributed by atoms with Crippen molar-refractivity contribution in [2.75, 3.05) is 38.8 Å². The molecule has 1 aromatic rings. The number of anilines is 1. The zero-order valence-corrected chi connectivity index (χ0v) is 14.7. The number of methoxy groups -OCH3 is 1. The summed E-state index contributed by atoms with van der Waals surface area (Å²) in [6.07, 6.45) is 1.04. The molecule has 1 aromatic carbocycles. The fraction of sp³-hybridized carbons (Fsp3) is 0.625. The van der Waals surface area contributed by atoms with Crippen molar-refractivity contribution in [3.8, 4) is 0 Å². The van der Waals surface area contributed by atoms with Gasteiger partial charge in [-0.3, -0.25) is 0 Å². The Morgan fingerprint density at radius 2 is 2.10 bits per heavy atom. The van der Waals surface area contributed by atoms with E-state index in [-0.39, 0.29) is 0 Å². The van der Waals surface area contributed by atoms with Crippen molar-refractivity contribution in [1.82, 2.24) is 5.32 Å². The van der Waals surface area contributed by atoms with Gasteiger partial charge in [0, 0.05) is 44.0 Å². The van der Waals surface area contributed by atoms with Crippen molar-refractivity contribution in [2.24, 2.45) is 5.92 Å². The summed E-state index contributed by atoms with van der Waals surface area (Å²) in [5.74, 6) is 0.671. The van der Waals surface area contributed by atoms with Gasteiger partial charge in [-0.15, -0.1) is 0 Å². The first-order chi connectivity index (χ1) is 9.54. The molecule has 0 saturated heterocycles. The molecule has 0 aliphatic rings. The average molecular weight is 343 g/mol. The molecule has 0 heterocycles. The first-order valence-electron chi connectivity index (χ1n) is 7.23. The molecule has 3 nitrogen and oxygen atoms in total. The molecule has 1 rings (SSSR count). The molecule has 20 heavy (non-hydrogen) atoms. The van der Waals surface area contributed by atoms with Gasteiger partial charge in [0.15, 0.2) is 0 Å². The van der Waals surface area contributed by atoms with E-state index < -0.39 is 0 Å². The van der Waals surface area contributed by atoms with Gasteiger partial charge in [0.05, 0.1) is 0 Å². The minimum absolute atomic E-state index is 0.671. The molecule has 0 spiro atoms. The number of hydrogen-bond donors (Lipinski definition) is 1. The van der Waals surface area contributed by atoms with Crippen LogP contribution in [-0.4, -0.2) is 33.9 Å². The van der Waals surface area contributed by atoms with Crippen LogP contribution in [0.5, 0.6) is 0 Å². The van der Waals surface area contributed by atoms with E-state index in [4.69, 9.17) is 4.74 Å². The Labute approximate surface area is 131 Å². The highest BCUT2D eigenvalue weighted by molar-refractivity contribution is 9.10. The Morgan fingerprint density at radius 1 is 1.35 bits per heavy atom. The quantitative estimate of drug-likeness (QED) is 0.693. The first kappa shape index (κ1) is 17.5. The lowest BCUT2D eigenvalue weighted by atomic mass is 10.1. The molecule has 0 radical (unpaired) electrons. The molecule has 114 valence electrons. The number of halogens is 1. The third-order valence-electron chi connectivity index (χ3n) is 3.16. The van der Waals surface area contributed by atoms with Crippen LogP contribution < -0.4 is 10.2 Å². The van der Waals surface area contributed by atoms with Crippen LogP contribution in [0.2, 0.25) is 0 Å². The van der Waals surface area contributed by atoms with Crippen molar-refractivity contribution >= 4 is 21.6 Å². The topological polar surface area (TPSA) is 24.5 Å². The molecule has 0 bridgehead atoms. The van der Waals surface area contributed by atoms with Gasteiger partial charge in [-0.2, -0.15) is 0 Å². The molecule has 1 N–H and O–H groups in total. The molecular weight excluding hydrogens is 316 g/mol. The lowest BCUT2D eigenvalue weighted by Gasteiger charge is -2.23. The maximum atomic E-state index is 5.12. The maximum Gasteiger partial charge on any atom is 0.0479 e. The van der Waals surface area contributed by atoms with Gasteiger partial charge < -0.3 is 15.0 Å². The third-order valence-corrected chi connectivity index (χ3v) is 3.66.